The first kappa shape index (κ1) is 12.0. The Balaban J connectivity index is 2.13. The zero-order valence-electron chi connectivity index (χ0n) is 9.78. The van der Waals surface area contributed by atoms with Gasteiger partial charge in [0.05, 0.1) is 7.11 Å². The zero-order valence-corrected chi connectivity index (χ0v) is 9.78. The summed E-state index contributed by atoms with van der Waals surface area (Å²) in [6.45, 7) is 0.730. The average Bonchev–Trinajstić information content (AvgIpc) is 3.15. The molecule has 0 bridgehead atoms. The van der Waals surface area contributed by atoms with E-state index in [4.69, 9.17) is 4.74 Å². The van der Waals surface area contributed by atoms with Crippen molar-refractivity contribution in [3.05, 3.63) is 35.6 Å². The molecule has 0 heterocycles. The van der Waals surface area contributed by atoms with E-state index in [-0.39, 0.29) is 5.82 Å². The van der Waals surface area contributed by atoms with Gasteiger partial charge >= 0.3 is 5.97 Å². The molecule has 0 aliphatic heterocycles. The van der Waals surface area contributed by atoms with E-state index in [1.165, 1.54) is 26.0 Å². The number of ether oxygens (including phenoxy) is 1. The van der Waals surface area contributed by atoms with Crippen LogP contribution < -0.4 is 5.32 Å². The minimum absolute atomic E-state index is 0.347. The normalized spacial score (nSPS) is 16.6. The Morgan fingerprint density at radius 1 is 1.53 bits per heavy atom. The Kier molecular flexibility index (Phi) is 3.74. The summed E-state index contributed by atoms with van der Waals surface area (Å²) in [5, 5.41) is 3.07. The van der Waals surface area contributed by atoms with Crippen molar-refractivity contribution >= 4 is 5.97 Å². The van der Waals surface area contributed by atoms with Gasteiger partial charge in [0.1, 0.15) is 11.9 Å². The fraction of sp³-hybridized carbons (Fsp3) is 0.462. The topological polar surface area (TPSA) is 38.3 Å². The number of halogens is 1. The minimum atomic E-state index is -0.707. The number of hydrogen-bond acceptors (Lipinski definition) is 3. The lowest BCUT2D eigenvalue weighted by Crippen LogP contribution is -2.31. The average molecular weight is 237 g/mol. The molecule has 0 amide bonds. The van der Waals surface area contributed by atoms with Crippen LogP contribution in [0.3, 0.4) is 0 Å². The molecule has 1 aromatic carbocycles. The molecule has 1 aromatic rings. The van der Waals surface area contributed by atoms with E-state index in [1.54, 1.807) is 18.2 Å². The van der Waals surface area contributed by atoms with Crippen molar-refractivity contribution in [3.8, 4) is 0 Å². The van der Waals surface area contributed by atoms with E-state index in [0.717, 1.165) is 6.54 Å². The van der Waals surface area contributed by atoms with Crippen molar-refractivity contribution in [2.75, 3.05) is 13.7 Å². The second kappa shape index (κ2) is 5.27. The second-order valence-electron chi connectivity index (χ2n) is 4.33. The Morgan fingerprint density at radius 2 is 2.24 bits per heavy atom. The van der Waals surface area contributed by atoms with Gasteiger partial charge in [-0.1, -0.05) is 18.2 Å². The first-order chi connectivity index (χ1) is 8.22. The summed E-state index contributed by atoms with van der Waals surface area (Å²) >= 11 is 0. The Hall–Kier alpha value is -1.42. The summed E-state index contributed by atoms with van der Waals surface area (Å²) in [4.78, 5) is 11.6. The van der Waals surface area contributed by atoms with Crippen LogP contribution in [0.2, 0.25) is 0 Å². The molecule has 3 nitrogen and oxygen atoms in total. The lowest BCUT2D eigenvalue weighted by Gasteiger charge is -2.17. The molecule has 92 valence electrons. The number of methoxy groups -OCH3 is 1. The SMILES string of the molecule is COC(=O)C(NCC1CC1)c1ccccc1F. The summed E-state index contributed by atoms with van der Waals surface area (Å²) in [5.41, 5.74) is 0.347. The fourth-order valence-electron chi connectivity index (χ4n) is 1.75. The molecular weight excluding hydrogens is 221 g/mol. The standard InChI is InChI=1S/C13H16FNO2/c1-17-13(16)12(15-8-9-6-7-9)10-4-2-3-5-11(10)14/h2-5,9,12,15H,6-8H2,1H3. The number of carbonyl (C=O) groups excluding carboxylic acids is 1. The summed E-state index contributed by atoms with van der Waals surface area (Å²) in [7, 11) is 1.31. The number of hydrogen-bond donors (Lipinski definition) is 1. The molecule has 2 rings (SSSR count). The molecule has 1 atom stereocenters. The van der Waals surface area contributed by atoms with Gasteiger partial charge in [-0.05, 0) is 31.4 Å². The highest BCUT2D eigenvalue weighted by Crippen LogP contribution is 2.29. The van der Waals surface area contributed by atoms with E-state index >= 15 is 0 Å². The quantitative estimate of drug-likeness (QED) is 0.796. The molecule has 0 saturated heterocycles. The summed E-state index contributed by atoms with van der Waals surface area (Å²) < 4.78 is 18.3. The van der Waals surface area contributed by atoms with Crippen molar-refractivity contribution in [2.24, 2.45) is 5.92 Å². The zero-order chi connectivity index (χ0) is 12.3. The van der Waals surface area contributed by atoms with Gasteiger partial charge in [-0.25, -0.2) is 9.18 Å². The molecular formula is C13H16FNO2. The number of carbonyl (C=O) groups is 1. The van der Waals surface area contributed by atoms with Crippen molar-refractivity contribution in [1.29, 1.82) is 0 Å². The maximum Gasteiger partial charge on any atom is 0.327 e. The largest absolute Gasteiger partial charge is 0.468 e. The van der Waals surface area contributed by atoms with Crippen molar-refractivity contribution in [1.82, 2.24) is 5.32 Å². The molecule has 1 aliphatic carbocycles. The molecule has 1 unspecified atom stereocenters. The lowest BCUT2D eigenvalue weighted by molar-refractivity contribution is -0.143. The monoisotopic (exact) mass is 237 g/mol. The third kappa shape index (κ3) is 3.03. The maximum atomic E-state index is 13.6. The predicted molar refractivity (Wildman–Crippen MR) is 61.9 cm³/mol. The maximum absolute atomic E-state index is 13.6. The minimum Gasteiger partial charge on any atom is -0.468 e. The van der Waals surface area contributed by atoms with Crippen LogP contribution in [0.15, 0.2) is 24.3 Å². The van der Waals surface area contributed by atoms with Gasteiger partial charge in [0.2, 0.25) is 0 Å². The lowest BCUT2D eigenvalue weighted by atomic mass is 10.1. The Labute approximate surface area is 100.0 Å². The van der Waals surface area contributed by atoms with Gasteiger partial charge in [-0.15, -0.1) is 0 Å². The molecule has 1 aliphatic rings. The molecule has 1 saturated carbocycles. The number of benzene rings is 1. The van der Waals surface area contributed by atoms with Gasteiger partial charge in [0.25, 0.3) is 0 Å². The van der Waals surface area contributed by atoms with Crippen LogP contribution in [0.5, 0.6) is 0 Å². The van der Waals surface area contributed by atoms with Gasteiger partial charge < -0.3 is 10.1 Å². The van der Waals surface area contributed by atoms with Gasteiger partial charge in [0, 0.05) is 5.56 Å². The van der Waals surface area contributed by atoms with Crippen LogP contribution >= 0.6 is 0 Å². The predicted octanol–water partition coefficient (Wildman–Crippen LogP) is 2.04. The summed E-state index contributed by atoms with van der Waals surface area (Å²) in [6, 6.07) is 5.57. The van der Waals surface area contributed by atoms with Gasteiger partial charge in [-0.2, -0.15) is 0 Å². The molecule has 4 heteroatoms. The van der Waals surface area contributed by atoms with Gasteiger partial charge in [-0.3, -0.25) is 0 Å². The molecule has 1 N–H and O–H groups in total. The first-order valence-corrected chi connectivity index (χ1v) is 5.78. The van der Waals surface area contributed by atoms with Crippen LogP contribution in [-0.4, -0.2) is 19.6 Å². The van der Waals surface area contributed by atoms with Crippen LogP contribution in [0.4, 0.5) is 4.39 Å². The molecule has 17 heavy (non-hydrogen) atoms. The number of esters is 1. The van der Waals surface area contributed by atoms with Crippen molar-refractivity contribution in [3.63, 3.8) is 0 Å². The molecule has 0 aromatic heterocycles. The first-order valence-electron chi connectivity index (χ1n) is 5.78. The fourth-order valence-corrected chi connectivity index (χ4v) is 1.75. The highest BCUT2D eigenvalue weighted by Gasteiger charge is 2.27. The van der Waals surface area contributed by atoms with E-state index in [0.29, 0.717) is 11.5 Å². The number of nitrogens with one attached hydrogen (secondary N) is 1. The molecule has 0 radical (unpaired) electrons. The van der Waals surface area contributed by atoms with Gasteiger partial charge in [0.15, 0.2) is 0 Å². The van der Waals surface area contributed by atoms with Crippen LogP contribution in [0.25, 0.3) is 0 Å². The van der Waals surface area contributed by atoms with E-state index < -0.39 is 12.0 Å². The third-order valence-electron chi connectivity index (χ3n) is 2.96. The van der Waals surface area contributed by atoms with Crippen LogP contribution in [-0.2, 0) is 9.53 Å². The third-order valence-corrected chi connectivity index (χ3v) is 2.96. The Bertz CT molecular complexity index is 404. The van der Waals surface area contributed by atoms with Crippen LogP contribution in [0.1, 0.15) is 24.4 Å². The second-order valence-corrected chi connectivity index (χ2v) is 4.33. The highest BCUT2D eigenvalue weighted by molar-refractivity contribution is 5.77. The van der Waals surface area contributed by atoms with E-state index in [9.17, 15) is 9.18 Å². The van der Waals surface area contributed by atoms with Crippen LogP contribution in [0, 0.1) is 11.7 Å². The molecule has 1 fully saturated rings. The highest BCUT2D eigenvalue weighted by atomic mass is 19.1. The van der Waals surface area contributed by atoms with E-state index in [2.05, 4.69) is 5.32 Å². The van der Waals surface area contributed by atoms with Crippen molar-refractivity contribution < 1.29 is 13.9 Å². The summed E-state index contributed by atoms with van der Waals surface area (Å²) in [5.74, 6) is -0.212. The van der Waals surface area contributed by atoms with Crippen molar-refractivity contribution in [2.45, 2.75) is 18.9 Å². The number of rotatable bonds is 5. The summed E-state index contributed by atoms with van der Waals surface area (Å²) in [6.07, 6.45) is 2.36. The van der Waals surface area contributed by atoms with E-state index in [1.807, 2.05) is 0 Å². The molecule has 0 spiro atoms. The smallest absolute Gasteiger partial charge is 0.327 e. The Morgan fingerprint density at radius 3 is 2.82 bits per heavy atom.